The second-order valence-corrected chi connectivity index (χ2v) is 5.75. The van der Waals surface area contributed by atoms with E-state index < -0.39 is 5.97 Å². The molecule has 1 N–H and O–H groups in total. The lowest BCUT2D eigenvalue weighted by atomic mass is 10.1. The third kappa shape index (κ3) is 5.92. The molecule has 0 aliphatic carbocycles. The highest BCUT2D eigenvalue weighted by atomic mass is 16.5. The maximum Gasteiger partial charge on any atom is 0.335 e. The highest BCUT2D eigenvalue weighted by Gasteiger charge is 2.02. The number of unbranched alkanes of at least 4 members (excludes halogenated alkanes) is 2. The number of rotatable bonds is 9. The molecule has 2 aromatic carbocycles. The van der Waals surface area contributed by atoms with Gasteiger partial charge in [-0.3, -0.25) is 0 Å². The molecule has 0 saturated heterocycles. The first-order chi connectivity index (χ1) is 11.7. The first kappa shape index (κ1) is 17.8. The molecule has 0 spiro atoms. The fraction of sp³-hybridized carbons (Fsp3) is 0.286. The van der Waals surface area contributed by atoms with Crippen molar-refractivity contribution in [3.63, 3.8) is 0 Å². The van der Waals surface area contributed by atoms with Crippen molar-refractivity contribution >= 4 is 12.0 Å². The van der Waals surface area contributed by atoms with Crippen LogP contribution in [0.4, 0.5) is 0 Å². The van der Waals surface area contributed by atoms with Crippen LogP contribution in [0.3, 0.4) is 0 Å². The van der Waals surface area contributed by atoms with Gasteiger partial charge in [0.25, 0.3) is 0 Å². The molecule has 24 heavy (non-hydrogen) atoms. The summed E-state index contributed by atoms with van der Waals surface area (Å²) in [7, 11) is 0. The van der Waals surface area contributed by atoms with Crippen molar-refractivity contribution in [1.29, 1.82) is 0 Å². The second kappa shape index (κ2) is 9.56. The minimum Gasteiger partial charge on any atom is -0.490 e. The van der Waals surface area contributed by atoms with Gasteiger partial charge in [-0.2, -0.15) is 0 Å². The normalized spacial score (nSPS) is 10.9. The van der Waals surface area contributed by atoms with E-state index in [0.29, 0.717) is 12.4 Å². The SMILES string of the molecule is CCCCCc1ccc(C=CCOc2cccc(C(=O)O)c2)cc1. The Kier molecular flexibility index (Phi) is 7.09. The van der Waals surface area contributed by atoms with Crippen molar-refractivity contribution in [2.24, 2.45) is 0 Å². The molecule has 2 rings (SSSR count). The van der Waals surface area contributed by atoms with Gasteiger partial charge in [-0.05, 0) is 48.2 Å². The van der Waals surface area contributed by atoms with Gasteiger partial charge in [0, 0.05) is 0 Å². The Hall–Kier alpha value is -2.55. The Morgan fingerprint density at radius 3 is 2.62 bits per heavy atom. The fourth-order valence-corrected chi connectivity index (χ4v) is 2.42. The lowest BCUT2D eigenvalue weighted by Crippen LogP contribution is -1.98. The van der Waals surface area contributed by atoms with E-state index in [0.717, 1.165) is 12.0 Å². The summed E-state index contributed by atoms with van der Waals surface area (Å²) in [4.78, 5) is 10.9. The lowest BCUT2D eigenvalue weighted by Gasteiger charge is -2.04. The standard InChI is InChI=1S/C21H24O3/c1-2-3-4-7-17-11-13-18(14-12-17)8-6-15-24-20-10-5-9-19(16-20)21(22)23/h5-6,8-14,16H,2-4,7,15H2,1H3,(H,22,23). The lowest BCUT2D eigenvalue weighted by molar-refractivity contribution is 0.0696. The van der Waals surface area contributed by atoms with E-state index in [1.807, 2.05) is 12.2 Å². The molecule has 3 nitrogen and oxygen atoms in total. The number of carboxylic acid groups (broad SMARTS) is 1. The molecule has 3 heteroatoms. The number of ether oxygens (including phenoxy) is 1. The van der Waals surface area contributed by atoms with Crippen LogP contribution in [-0.4, -0.2) is 17.7 Å². The van der Waals surface area contributed by atoms with Gasteiger partial charge >= 0.3 is 5.97 Å². The predicted octanol–water partition coefficient (Wildman–Crippen LogP) is 5.21. The Morgan fingerprint density at radius 1 is 1.12 bits per heavy atom. The largest absolute Gasteiger partial charge is 0.490 e. The molecule has 0 aliphatic heterocycles. The molecule has 0 bridgehead atoms. The summed E-state index contributed by atoms with van der Waals surface area (Å²) in [6.07, 6.45) is 8.85. The van der Waals surface area contributed by atoms with Crippen molar-refractivity contribution in [2.45, 2.75) is 32.6 Å². The molecule has 2 aromatic rings. The Balaban J connectivity index is 1.81. The Labute approximate surface area is 143 Å². The van der Waals surface area contributed by atoms with E-state index in [9.17, 15) is 4.79 Å². The van der Waals surface area contributed by atoms with Crippen LogP contribution in [0.1, 0.15) is 47.7 Å². The molecule has 0 radical (unpaired) electrons. The first-order valence-electron chi connectivity index (χ1n) is 8.40. The highest BCUT2D eigenvalue weighted by molar-refractivity contribution is 5.88. The zero-order valence-corrected chi connectivity index (χ0v) is 14.1. The molecule has 0 heterocycles. The van der Waals surface area contributed by atoms with E-state index in [1.54, 1.807) is 18.2 Å². The number of carbonyl (C=O) groups is 1. The number of hydrogen-bond acceptors (Lipinski definition) is 2. The van der Waals surface area contributed by atoms with E-state index >= 15 is 0 Å². The van der Waals surface area contributed by atoms with Gasteiger partial charge in [0.1, 0.15) is 12.4 Å². The summed E-state index contributed by atoms with van der Waals surface area (Å²) in [5.74, 6) is -0.388. The van der Waals surface area contributed by atoms with Crippen LogP contribution in [-0.2, 0) is 6.42 Å². The van der Waals surface area contributed by atoms with Crippen LogP contribution in [0.2, 0.25) is 0 Å². The van der Waals surface area contributed by atoms with Gasteiger partial charge < -0.3 is 9.84 Å². The molecule has 0 amide bonds. The fourth-order valence-electron chi connectivity index (χ4n) is 2.42. The molecule has 126 valence electrons. The average molecular weight is 324 g/mol. The van der Waals surface area contributed by atoms with Crippen LogP contribution < -0.4 is 4.74 Å². The zero-order valence-electron chi connectivity index (χ0n) is 14.1. The van der Waals surface area contributed by atoms with Crippen LogP contribution in [0.5, 0.6) is 5.75 Å². The number of aryl methyl sites for hydroxylation is 1. The second-order valence-electron chi connectivity index (χ2n) is 5.75. The van der Waals surface area contributed by atoms with Crippen LogP contribution in [0.15, 0.2) is 54.6 Å². The number of hydrogen-bond donors (Lipinski definition) is 1. The van der Waals surface area contributed by atoms with Crippen molar-refractivity contribution in [3.8, 4) is 5.75 Å². The topological polar surface area (TPSA) is 46.5 Å². The van der Waals surface area contributed by atoms with E-state index in [2.05, 4.69) is 31.2 Å². The average Bonchev–Trinajstić information content (AvgIpc) is 2.60. The summed E-state index contributed by atoms with van der Waals surface area (Å²) in [5.41, 5.74) is 2.75. The number of aromatic carboxylic acids is 1. The summed E-state index contributed by atoms with van der Waals surface area (Å²) >= 11 is 0. The van der Waals surface area contributed by atoms with Gasteiger partial charge in [-0.15, -0.1) is 0 Å². The highest BCUT2D eigenvalue weighted by Crippen LogP contribution is 2.14. The molecule has 0 unspecified atom stereocenters. The molecule has 0 atom stereocenters. The van der Waals surface area contributed by atoms with Gasteiger partial charge in [-0.25, -0.2) is 4.79 Å². The van der Waals surface area contributed by atoms with E-state index in [-0.39, 0.29) is 5.56 Å². The molecule has 0 aliphatic rings. The molecular weight excluding hydrogens is 300 g/mol. The van der Waals surface area contributed by atoms with Gasteiger partial charge in [0.2, 0.25) is 0 Å². The smallest absolute Gasteiger partial charge is 0.335 e. The predicted molar refractivity (Wildman–Crippen MR) is 97.6 cm³/mol. The summed E-state index contributed by atoms with van der Waals surface area (Å²) in [6.45, 7) is 2.62. The quantitative estimate of drug-likeness (QED) is 0.644. The number of benzene rings is 2. The Bertz CT molecular complexity index is 672. The van der Waals surface area contributed by atoms with Crippen molar-refractivity contribution in [3.05, 3.63) is 71.3 Å². The van der Waals surface area contributed by atoms with Crippen molar-refractivity contribution in [2.75, 3.05) is 6.61 Å². The molecular formula is C21H24O3. The summed E-state index contributed by atoms with van der Waals surface area (Å²) in [6, 6.07) is 15.1. The molecule has 0 saturated carbocycles. The van der Waals surface area contributed by atoms with Crippen molar-refractivity contribution in [1.82, 2.24) is 0 Å². The van der Waals surface area contributed by atoms with Crippen LogP contribution in [0, 0.1) is 0 Å². The van der Waals surface area contributed by atoms with E-state index in [4.69, 9.17) is 9.84 Å². The van der Waals surface area contributed by atoms with Crippen LogP contribution >= 0.6 is 0 Å². The first-order valence-corrected chi connectivity index (χ1v) is 8.40. The molecule has 0 fully saturated rings. The monoisotopic (exact) mass is 324 g/mol. The Morgan fingerprint density at radius 2 is 1.92 bits per heavy atom. The van der Waals surface area contributed by atoms with Gasteiger partial charge in [0.05, 0.1) is 5.56 Å². The third-order valence-corrected chi connectivity index (χ3v) is 3.79. The summed E-state index contributed by atoms with van der Waals surface area (Å²) < 4.78 is 5.56. The van der Waals surface area contributed by atoms with Gasteiger partial charge in [-0.1, -0.05) is 56.2 Å². The van der Waals surface area contributed by atoms with Gasteiger partial charge in [0.15, 0.2) is 0 Å². The minimum atomic E-state index is -0.949. The maximum atomic E-state index is 10.9. The number of carboxylic acids is 1. The molecule has 0 aromatic heterocycles. The van der Waals surface area contributed by atoms with Crippen LogP contribution in [0.25, 0.3) is 6.08 Å². The minimum absolute atomic E-state index is 0.232. The summed E-state index contributed by atoms with van der Waals surface area (Å²) in [5, 5.41) is 8.95. The zero-order chi connectivity index (χ0) is 17.2. The third-order valence-electron chi connectivity index (χ3n) is 3.79. The maximum absolute atomic E-state index is 10.9. The van der Waals surface area contributed by atoms with Crippen molar-refractivity contribution < 1.29 is 14.6 Å². The van der Waals surface area contributed by atoms with E-state index in [1.165, 1.54) is 30.9 Å².